The third-order valence-electron chi connectivity index (χ3n) is 1.52. The van der Waals surface area contributed by atoms with E-state index in [0.29, 0.717) is 0 Å². The molecule has 2 rings (SSSR count). The molecule has 0 N–H and O–H groups in total. The molecule has 3 nitrogen and oxygen atoms in total. The molecular weight excluding hydrogens is 126 g/mol. The number of imidazole rings is 1. The van der Waals surface area contributed by atoms with Gasteiger partial charge in [0.1, 0.15) is 6.33 Å². The van der Waals surface area contributed by atoms with E-state index in [9.17, 15) is 0 Å². The number of aromatic nitrogens is 3. The Morgan fingerprint density at radius 1 is 1.50 bits per heavy atom. The molecule has 50 valence electrons. The van der Waals surface area contributed by atoms with E-state index in [-0.39, 0.29) is 0 Å². The van der Waals surface area contributed by atoms with Crippen molar-refractivity contribution in [3.8, 4) is 0 Å². The number of hydrogen-bond acceptors (Lipinski definition) is 2. The number of rotatable bonds is 0. The minimum Gasteiger partial charge on any atom is -0.288 e. The first-order valence-electron chi connectivity index (χ1n) is 3.11. The zero-order chi connectivity index (χ0) is 6.97. The summed E-state index contributed by atoms with van der Waals surface area (Å²) in [5, 5.41) is 0. The number of hydrogen-bond donors (Lipinski definition) is 0. The second kappa shape index (κ2) is 1.80. The molecule has 0 saturated heterocycles. The van der Waals surface area contributed by atoms with E-state index in [1.165, 1.54) is 0 Å². The summed E-state index contributed by atoms with van der Waals surface area (Å²) in [5.41, 5.74) is 2.06. The number of nitrogens with zero attached hydrogens (tertiary/aromatic N) is 3. The van der Waals surface area contributed by atoms with Crippen LogP contribution in [0.3, 0.4) is 0 Å². The van der Waals surface area contributed by atoms with Gasteiger partial charge in [0.25, 0.3) is 0 Å². The van der Waals surface area contributed by atoms with E-state index in [2.05, 4.69) is 9.97 Å². The summed E-state index contributed by atoms with van der Waals surface area (Å²) in [6.07, 6.45) is 5.29. The average molecular weight is 133 g/mol. The third-order valence-corrected chi connectivity index (χ3v) is 1.52. The van der Waals surface area contributed by atoms with E-state index in [4.69, 9.17) is 0 Å². The van der Waals surface area contributed by atoms with E-state index in [1.54, 1.807) is 18.7 Å². The van der Waals surface area contributed by atoms with Crippen molar-refractivity contribution in [3.63, 3.8) is 0 Å². The summed E-state index contributed by atoms with van der Waals surface area (Å²) in [5.74, 6) is 0. The van der Waals surface area contributed by atoms with Crippen LogP contribution >= 0.6 is 0 Å². The molecule has 0 aliphatic rings. The fraction of sp³-hybridized carbons (Fsp3) is 0.143. The fourth-order valence-corrected chi connectivity index (χ4v) is 0.957. The molecule has 0 aliphatic carbocycles. The standard InChI is InChI=1S/C7H7N3/c1-6-2-3-9-7-4-8-5-10(6)7/h2-5H,1H3. The van der Waals surface area contributed by atoms with Gasteiger partial charge < -0.3 is 0 Å². The van der Waals surface area contributed by atoms with Crippen molar-refractivity contribution in [2.75, 3.05) is 0 Å². The second-order valence-electron chi connectivity index (χ2n) is 2.21. The molecule has 0 unspecified atom stereocenters. The Kier molecular flexibility index (Phi) is 0.974. The van der Waals surface area contributed by atoms with Crippen molar-refractivity contribution in [1.82, 2.24) is 14.4 Å². The van der Waals surface area contributed by atoms with Crippen molar-refractivity contribution >= 4 is 5.65 Å². The van der Waals surface area contributed by atoms with Crippen LogP contribution in [0.1, 0.15) is 5.69 Å². The summed E-state index contributed by atoms with van der Waals surface area (Å²) in [7, 11) is 0. The summed E-state index contributed by atoms with van der Waals surface area (Å²) < 4.78 is 1.94. The molecule has 0 saturated carbocycles. The molecule has 0 radical (unpaired) electrons. The maximum Gasteiger partial charge on any atom is 0.156 e. The Labute approximate surface area is 58.4 Å². The van der Waals surface area contributed by atoms with Gasteiger partial charge >= 0.3 is 0 Å². The van der Waals surface area contributed by atoms with Gasteiger partial charge in [-0.25, -0.2) is 9.97 Å². The van der Waals surface area contributed by atoms with E-state index in [1.807, 2.05) is 17.4 Å². The van der Waals surface area contributed by atoms with Gasteiger partial charge in [-0.2, -0.15) is 0 Å². The van der Waals surface area contributed by atoms with Crippen LogP contribution in [-0.2, 0) is 0 Å². The summed E-state index contributed by atoms with van der Waals surface area (Å²) in [4.78, 5) is 8.07. The Bertz CT molecular complexity index is 350. The number of aryl methyl sites for hydroxylation is 1. The monoisotopic (exact) mass is 133 g/mol. The van der Waals surface area contributed by atoms with Gasteiger partial charge in [0, 0.05) is 11.9 Å². The molecule has 3 heteroatoms. The first kappa shape index (κ1) is 5.41. The molecule has 0 aromatic carbocycles. The van der Waals surface area contributed by atoms with Gasteiger partial charge in [-0.1, -0.05) is 0 Å². The zero-order valence-electron chi connectivity index (χ0n) is 5.65. The summed E-state index contributed by atoms with van der Waals surface area (Å²) in [6, 6.07) is 1.95. The smallest absolute Gasteiger partial charge is 0.156 e. The largest absolute Gasteiger partial charge is 0.288 e. The lowest BCUT2D eigenvalue weighted by Gasteiger charge is -1.94. The van der Waals surface area contributed by atoms with Crippen LogP contribution in [0, 0.1) is 6.92 Å². The fourth-order valence-electron chi connectivity index (χ4n) is 0.957. The van der Waals surface area contributed by atoms with Crippen molar-refractivity contribution < 1.29 is 0 Å². The second-order valence-corrected chi connectivity index (χ2v) is 2.21. The molecule has 0 amide bonds. The van der Waals surface area contributed by atoms with Crippen molar-refractivity contribution in [2.45, 2.75) is 6.92 Å². The first-order valence-corrected chi connectivity index (χ1v) is 3.11. The maximum absolute atomic E-state index is 4.10. The minimum absolute atomic E-state index is 0.903. The van der Waals surface area contributed by atoms with Crippen LogP contribution in [0.15, 0.2) is 24.8 Å². The molecule has 0 aliphatic heterocycles. The lowest BCUT2D eigenvalue weighted by atomic mass is 10.4. The molecule has 10 heavy (non-hydrogen) atoms. The van der Waals surface area contributed by atoms with Crippen molar-refractivity contribution in [3.05, 3.63) is 30.5 Å². The molecular formula is C7H7N3. The predicted molar refractivity (Wildman–Crippen MR) is 37.7 cm³/mol. The Balaban J connectivity index is 2.95. The lowest BCUT2D eigenvalue weighted by Crippen LogP contribution is -1.89. The predicted octanol–water partition coefficient (Wildman–Crippen LogP) is 1.04. The molecule has 0 bridgehead atoms. The quantitative estimate of drug-likeness (QED) is 0.537. The van der Waals surface area contributed by atoms with Crippen LogP contribution in [0.5, 0.6) is 0 Å². The average Bonchev–Trinajstić information content (AvgIpc) is 2.36. The minimum atomic E-state index is 0.903. The van der Waals surface area contributed by atoms with Crippen LogP contribution in [0.25, 0.3) is 5.65 Å². The maximum atomic E-state index is 4.10. The van der Waals surface area contributed by atoms with Crippen LogP contribution < -0.4 is 0 Å². The summed E-state index contributed by atoms with van der Waals surface area (Å²) in [6.45, 7) is 2.02. The molecule has 0 fully saturated rings. The molecule has 2 heterocycles. The highest BCUT2D eigenvalue weighted by Gasteiger charge is 1.93. The van der Waals surface area contributed by atoms with Gasteiger partial charge in [-0.15, -0.1) is 0 Å². The first-order chi connectivity index (χ1) is 4.88. The van der Waals surface area contributed by atoms with E-state index >= 15 is 0 Å². The van der Waals surface area contributed by atoms with Gasteiger partial charge in [-0.05, 0) is 13.0 Å². The number of fused-ring (bicyclic) bond motifs is 1. The normalized spacial score (nSPS) is 10.5. The molecule has 2 aromatic heterocycles. The third kappa shape index (κ3) is 0.603. The topological polar surface area (TPSA) is 30.2 Å². The van der Waals surface area contributed by atoms with E-state index < -0.39 is 0 Å². The molecule has 2 aromatic rings. The molecule has 0 spiro atoms. The van der Waals surface area contributed by atoms with Gasteiger partial charge in [0.05, 0.1) is 6.20 Å². The Morgan fingerprint density at radius 2 is 2.40 bits per heavy atom. The summed E-state index contributed by atoms with van der Waals surface area (Å²) >= 11 is 0. The van der Waals surface area contributed by atoms with Gasteiger partial charge in [0.2, 0.25) is 0 Å². The highest BCUT2D eigenvalue weighted by molar-refractivity contribution is 5.35. The van der Waals surface area contributed by atoms with Gasteiger partial charge in [-0.3, -0.25) is 4.40 Å². The van der Waals surface area contributed by atoms with Crippen LogP contribution in [-0.4, -0.2) is 14.4 Å². The highest BCUT2D eigenvalue weighted by Crippen LogP contribution is 2.00. The molecule has 0 atom stereocenters. The van der Waals surface area contributed by atoms with Crippen molar-refractivity contribution in [2.24, 2.45) is 0 Å². The van der Waals surface area contributed by atoms with E-state index in [0.717, 1.165) is 11.3 Å². The Morgan fingerprint density at radius 3 is 3.20 bits per heavy atom. The van der Waals surface area contributed by atoms with Crippen LogP contribution in [0.4, 0.5) is 0 Å². The van der Waals surface area contributed by atoms with Crippen LogP contribution in [0.2, 0.25) is 0 Å². The SMILES string of the molecule is Cc1ccnc2cncn12. The lowest BCUT2D eigenvalue weighted by molar-refractivity contribution is 1.04. The Hall–Kier alpha value is -1.38. The zero-order valence-corrected chi connectivity index (χ0v) is 5.65. The van der Waals surface area contributed by atoms with Crippen molar-refractivity contribution in [1.29, 1.82) is 0 Å². The van der Waals surface area contributed by atoms with Gasteiger partial charge in [0.15, 0.2) is 5.65 Å². The highest BCUT2D eigenvalue weighted by atomic mass is 15.0.